The topological polar surface area (TPSA) is 61.1 Å². The van der Waals surface area contributed by atoms with Gasteiger partial charge in [0.15, 0.2) is 6.29 Å². The molecule has 124 valence electrons. The Bertz CT molecular complexity index is 918. The molecule has 2 rings (SSSR count). The van der Waals surface area contributed by atoms with Gasteiger partial charge in [-0.3, -0.25) is 18.7 Å². The summed E-state index contributed by atoms with van der Waals surface area (Å²) in [5.41, 5.74) is -2.21. The van der Waals surface area contributed by atoms with Crippen LogP contribution in [0.25, 0.3) is 10.2 Å². The van der Waals surface area contributed by atoms with Crippen LogP contribution in [0.1, 0.15) is 22.2 Å². The molecule has 2 aromatic rings. The van der Waals surface area contributed by atoms with Crippen molar-refractivity contribution in [3.8, 4) is 0 Å². The molecule has 2 aromatic heterocycles. The van der Waals surface area contributed by atoms with Gasteiger partial charge in [-0.05, 0) is 19.4 Å². The van der Waals surface area contributed by atoms with Gasteiger partial charge in [-0.25, -0.2) is 4.79 Å². The van der Waals surface area contributed by atoms with Gasteiger partial charge < -0.3 is 0 Å². The molecule has 0 spiro atoms. The molecule has 0 unspecified atom stereocenters. The van der Waals surface area contributed by atoms with Crippen molar-refractivity contribution in [1.82, 2.24) is 9.13 Å². The number of hydrogen-bond acceptors (Lipinski definition) is 4. The summed E-state index contributed by atoms with van der Waals surface area (Å²) >= 11 is 0.824. The van der Waals surface area contributed by atoms with Crippen molar-refractivity contribution in [3.05, 3.63) is 43.4 Å². The van der Waals surface area contributed by atoms with E-state index in [9.17, 15) is 27.6 Å². The Kier molecular flexibility index (Phi) is 4.34. The first-order valence-electron chi connectivity index (χ1n) is 6.60. The van der Waals surface area contributed by atoms with Crippen LogP contribution in [-0.4, -0.2) is 21.6 Å². The van der Waals surface area contributed by atoms with Crippen molar-refractivity contribution in [2.45, 2.75) is 33.1 Å². The normalized spacial score (nSPS) is 11.9. The maximum atomic E-state index is 12.7. The highest BCUT2D eigenvalue weighted by Crippen LogP contribution is 2.29. The number of hydrogen-bond donors (Lipinski definition) is 0. The van der Waals surface area contributed by atoms with Gasteiger partial charge in [-0.2, -0.15) is 13.2 Å². The minimum absolute atomic E-state index is 0.0117. The number of thiophene rings is 1. The van der Waals surface area contributed by atoms with Crippen molar-refractivity contribution in [3.63, 3.8) is 0 Å². The summed E-state index contributed by atoms with van der Waals surface area (Å²) in [7, 11) is 0. The van der Waals surface area contributed by atoms with Gasteiger partial charge in [0, 0.05) is 12.1 Å². The van der Waals surface area contributed by atoms with Gasteiger partial charge >= 0.3 is 11.9 Å². The molecule has 0 atom stereocenters. The van der Waals surface area contributed by atoms with E-state index in [1.807, 2.05) is 0 Å². The number of allylic oxidation sites excluding steroid dienone is 1. The highest BCUT2D eigenvalue weighted by atomic mass is 32.1. The van der Waals surface area contributed by atoms with E-state index in [0.717, 1.165) is 20.5 Å². The number of fused-ring (bicyclic) bond motifs is 1. The summed E-state index contributed by atoms with van der Waals surface area (Å²) in [6, 6.07) is 0. The van der Waals surface area contributed by atoms with Gasteiger partial charge in [0.25, 0.3) is 5.56 Å². The molecule has 0 amide bonds. The molecule has 9 heteroatoms. The maximum Gasteiger partial charge on any atom is 0.413 e. The van der Waals surface area contributed by atoms with E-state index in [-0.39, 0.29) is 21.6 Å². The second-order valence-electron chi connectivity index (χ2n) is 4.91. The van der Waals surface area contributed by atoms with Crippen LogP contribution in [0.2, 0.25) is 0 Å². The van der Waals surface area contributed by atoms with Crippen LogP contribution >= 0.6 is 11.3 Å². The summed E-state index contributed by atoms with van der Waals surface area (Å²) in [5.74, 6) is 0. The number of aldehydes is 1. The zero-order valence-corrected chi connectivity index (χ0v) is 13.2. The number of carbonyl (C=O) groups is 1. The molecule has 0 saturated heterocycles. The van der Waals surface area contributed by atoms with E-state index in [2.05, 4.69) is 6.58 Å². The molecule has 0 saturated carbocycles. The van der Waals surface area contributed by atoms with Gasteiger partial charge in [0.05, 0.1) is 16.8 Å². The quantitative estimate of drug-likeness (QED) is 0.631. The van der Waals surface area contributed by atoms with Crippen LogP contribution in [0.3, 0.4) is 0 Å². The van der Waals surface area contributed by atoms with Crippen molar-refractivity contribution in [1.29, 1.82) is 0 Å². The van der Waals surface area contributed by atoms with Crippen LogP contribution in [0.15, 0.2) is 21.7 Å². The average molecular weight is 346 g/mol. The van der Waals surface area contributed by atoms with E-state index in [4.69, 9.17) is 0 Å². The lowest BCUT2D eigenvalue weighted by Gasteiger charge is -2.14. The first-order valence-corrected chi connectivity index (χ1v) is 7.42. The second-order valence-corrected chi connectivity index (χ2v) is 5.94. The van der Waals surface area contributed by atoms with Crippen molar-refractivity contribution >= 4 is 27.8 Å². The van der Waals surface area contributed by atoms with Crippen LogP contribution < -0.4 is 11.2 Å². The number of nitrogens with zero attached hydrogens (tertiary/aromatic N) is 2. The molecule has 23 heavy (non-hydrogen) atoms. The smallest absolute Gasteiger partial charge is 0.297 e. The predicted molar refractivity (Wildman–Crippen MR) is 81.3 cm³/mol. The monoisotopic (exact) mass is 346 g/mol. The van der Waals surface area contributed by atoms with Crippen LogP contribution in [0.5, 0.6) is 0 Å². The Morgan fingerprint density at radius 2 is 1.91 bits per heavy atom. The molecule has 0 aromatic carbocycles. The highest BCUT2D eigenvalue weighted by Gasteiger charge is 2.33. The molecule has 0 bridgehead atoms. The molecular weight excluding hydrogens is 333 g/mol. The molecule has 0 aliphatic heterocycles. The molecule has 0 N–H and O–H groups in total. The number of halogens is 3. The standard InChI is InChI=1S/C14H13F3N2O3S/c1-4-18-11(21)10-8(3)9(6-20)23-12(10)19(13(18)22)5-7(2)14(15,16)17/h6H,2,4-5H2,1,3H3. The average Bonchev–Trinajstić information content (AvgIpc) is 2.79. The van der Waals surface area contributed by atoms with Gasteiger partial charge in [-0.15, -0.1) is 11.3 Å². The van der Waals surface area contributed by atoms with Crippen LogP contribution in [0.4, 0.5) is 13.2 Å². The number of alkyl halides is 3. The Morgan fingerprint density at radius 1 is 1.30 bits per heavy atom. The Hall–Kier alpha value is -2.16. The first kappa shape index (κ1) is 17.2. The third kappa shape index (κ3) is 2.76. The van der Waals surface area contributed by atoms with Gasteiger partial charge in [-0.1, -0.05) is 6.58 Å². The number of rotatable bonds is 4. The first-order chi connectivity index (χ1) is 10.6. The SMILES string of the molecule is C=C(Cn1c(=O)n(CC)c(=O)c2c(C)c(C=O)sc21)C(F)(F)F. The Labute approximate surface area is 132 Å². The third-order valence-corrected chi connectivity index (χ3v) is 4.74. The maximum absolute atomic E-state index is 12.7. The number of aryl methyl sites for hydroxylation is 1. The Balaban J connectivity index is 2.88. The molecule has 0 fully saturated rings. The summed E-state index contributed by atoms with van der Waals surface area (Å²) in [4.78, 5) is 36.0. The fourth-order valence-electron chi connectivity index (χ4n) is 2.22. The molecule has 2 heterocycles. The van der Waals surface area contributed by atoms with Gasteiger partial charge in [0.2, 0.25) is 0 Å². The highest BCUT2D eigenvalue weighted by molar-refractivity contribution is 7.20. The second kappa shape index (κ2) is 5.80. The van der Waals surface area contributed by atoms with Crippen LogP contribution in [0, 0.1) is 6.92 Å². The third-order valence-electron chi connectivity index (χ3n) is 3.50. The summed E-state index contributed by atoms with van der Waals surface area (Å²) < 4.78 is 39.9. The summed E-state index contributed by atoms with van der Waals surface area (Å²) in [6.07, 6.45) is -4.14. The minimum atomic E-state index is -4.65. The zero-order valence-electron chi connectivity index (χ0n) is 12.4. The summed E-state index contributed by atoms with van der Waals surface area (Å²) in [6.45, 7) is 5.24. The molecular formula is C14H13F3N2O3S. The molecule has 0 radical (unpaired) electrons. The largest absolute Gasteiger partial charge is 0.413 e. The zero-order chi connectivity index (χ0) is 17.5. The van der Waals surface area contributed by atoms with E-state index in [1.54, 1.807) is 6.92 Å². The molecule has 0 aliphatic rings. The minimum Gasteiger partial charge on any atom is -0.297 e. The van der Waals surface area contributed by atoms with Crippen molar-refractivity contribution < 1.29 is 18.0 Å². The fraction of sp³-hybridized carbons (Fsp3) is 0.357. The Morgan fingerprint density at radius 3 is 2.39 bits per heavy atom. The van der Waals surface area contributed by atoms with Crippen LogP contribution in [-0.2, 0) is 13.1 Å². The number of carbonyl (C=O) groups excluding carboxylic acids is 1. The predicted octanol–water partition coefficient (Wildman–Crippen LogP) is 2.48. The lowest BCUT2D eigenvalue weighted by atomic mass is 10.2. The number of aromatic nitrogens is 2. The lowest BCUT2D eigenvalue weighted by Crippen LogP contribution is -2.40. The van der Waals surface area contributed by atoms with Gasteiger partial charge in [0.1, 0.15) is 4.83 Å². The molecule has 0 aliphatic carbocycles. The van der Waals surface area contributed by atoms with E-state index in [0.29, 0.717) is 11.8 Å². The van der Waals surface area contributed by atoms with E-state index >= 15 is 0 Å². The van der Waals surface area contributed by atoms with E-state index in [1.165, 1.54) is 6.92 Å². The van der Waals surface area contributed by atoms with Crippen molar-refractivity contribution in [2.24, 2.45) is 0 Å². The fourth-order valence-corrected chi connectivity index (χ4v) is 3.33. The summed E-state index contributed by atoms with van der Waals surface area (Å²) in [5, 5.41) is 0.0912. The van der Waals surface area contributed by atoms with Crippen molar-refractivity contribution in [2.75, 3.05) is 0 Å². The lowest BCUT2D eigenvalue weighted by molar-refractivity contribution is -0.0943. The molecule has 5 nitrogen and oxygen atoms in total. The van der Waals surface area contributed by atoms with E-state index < -0.39 is 29.5 Å².